The summed E-state index contributed by atoms with van der Waals surface area (Å²) in [5.74, 6) is -0.206. The molecule has 1 aromatic carbocycles. The van der Waals surface area contributed by atoms with E-state index < -0.39 is 0 Å². The topological polar surface area (TPSA) is 26.0 Å². The van der Waals surface area contributed by atoms with E-state index in [0.29, 0.717) is 17.5 Å². The molecule has 0 saturated heterocycles. The lowest BCUT2D eigenvalue weighted by Crippen LogP contribution is -2.14. The van der Waals surface area contributed by atoms with Crippen LogP contribution in [0.3, 0.4) is 0 Å². The summed E-state index contributed by atoms with van der Waals surface area (Å²) >= 11 is 7.33. The van der Waals surface area contributed by atoms with Gasteiger partial charge >= 0.3 is 0 Å². The second kappa shape index (κ2) is 5.17. The van der Waals surface area contributed by atoms with E-state index in [4.69, 9.17) is 17.3 Å². The normalized spacial score (nSPS) is 12.7. The second-order valence-electron chi connectivity index (χ2n) is 3.99. The van der Waals surface area contributed by atoms with Crippen LogP contribution in [0.15, 0.2) is 30.3 Å². The third kappa shape index (κ3) is 2.86. The van der Waals surface area contributed by atoms with E-state index in [-0.39, 0.29) is 11.9 Å². The highest BCUT2D eigenvalue weighted by Gasteiger charge is 2.14. The van der Waals surface area contributed by atoms with Gasteiger partial charge in [-0.25, -0.2) is 4.39 Å². The van der Waals surface area contributed by atoms with Gasteiger partial charge in [0.25, 0.3) is 0 Å². The molecule has 1 nitrogen and oxygen atoms in total. The smallest absolute Gasteiger partial charge is 0.130 e. The summed E-state index contributed by atoms with van der Waals surface area (Å²) in [6.07, 6.45) is 0.609. The zero-order chi connectivity index (χ0) is 12.4. The van der Waals surface area contributed by atoms with Gasteiger partial charge in [0, 0.05) is 22.9 Å². The first kappa shape index (κ1) is 12.6. The van der Waals surface area contributed by atoms with Gasteiger partial charge in [-0.15, -0.1) is 11.3 Å². The summed E-state index contributed by atoms with van der Waals surface area (Å²) in [7, 11) is 0. The van der Waals surface area contributed by atoms with Gasteiger partial charge in [-0.3, -0.25) is 0 Å². The molecule has 1 atom stereocenters. The Balaban J connectivity index is 2.20. The van der Waals surface area contributed by atoms with Gasteiger partial charge in [-0.2, -0.15) is 0 Å². The monoisotopic (exact) mass is 269 g/mol. The average Bonchev–Trinajstić information content (AvgIpc) is 2.68. The Morgan fingerprint density at radius 3 is 2.76 bits per heavy atom. The summed E-state index contributed by atoms with van der Waals surface area (Å²) in [6.45, 7) is 1.74. The number of hydrogen-bond acceptors (Lipinski definition) is 2. The Morgan fingerprint density at radius 2 is 2.12 bits per heavy atom. The number of halogens is 2. The van der Waals surface area contributed by atoms with Crippen LogP contribution in [-0.2, 0) is 6.42 Å². The van der Waals surface area contributed by atoms with E-state index in [9.17, 15) is 4.39 Å². The van der Waals surface area contributed by atoms with Crippen LogP contribution >= 0.6 is 22.9 Å². The number of rotatable bonds is 3. The predicted molar refractivity (Wildman–Crippen MR) is 71.1 cm³/mol. The van der Waals surface area contributed by atoms with Gasteiger partial charge in [0.2, 0.25) is 0 Å². The summed E-state index contributed by atoms with van der Waals surface area (Å²) in [5.41, 5.74) is 7.22. The van der Waals surface area contributed by atoms with E-state index in [1.54, 1.807) is 19.1 Å². The van der Waals surface area contributed by atoms with Crippen molar-refractivity contribution in [3.05, 3.63) is 56.5 Å². The molecule has 0 bridgehead atoms. The van der Waals surface area contributed by atoms with Gasteiger partial charge in [-0.05, 0) is 24.6 Å². The largest absolute Gasteiger partial charge is 0.324 e. The number of thiophene rings is 1. The summed E-state index contributed by atoms with van der Waals surface area (Å²) in [5, 5.41) is 0. The SMILES string of the molecule is Cc1cccc(C(N)Cc2ccc(Cl)s2)c1F. The van der Waals surface area contributed by atoms with Crippen LogP contribution in [0.1, 0.15) is 22.0 Å². The quantitative estimate of drug-likeness (QED) is 0.892. The number of hydrogen-bond donors (Lipinski definition) is 1. The van der Waals surface area contributed by atoms with Gasteiger partial charge in [-0.1, -0.05) is 29.8 Å². The Labute approximate surface area is 109 Å². The average molecular weight is 270 g/mol. The van der Waals surface area contributed by atoms with Gasteiger partial charge in [0.05, 0.1) is 4.34 Å². The fourth-order valence-corrected chi connectivity index (χ4v) is 2.89. The van der Waals surface area contributed by atoms with Crippen LogP contribution in [0.2, 0.25) is 4.34 Å². The highest BCUT2D eigenvalue weighted by atomic mass is 35.5. The lowest BCUT2D eigenvalue weighted by molar-refractivity contribution is 0.574. The maximum absolute atomic E-state index is 13.9. The van der Waals surface area contributed by atoms with Crippen molar-refractivity contribution in [3.8, 4) is 0 Å². The van der Waals surface area contributed by atoms with Crippen molar-refractivity contribution in [1.29, 1.82) is 0 Å². The third-order valence-electron chi connectivity index (χ3n) is 2.67. The van der Waals surface area contributed by atoms with Crippen LogP contribution in [0.4, 0.5) is 4.39 Å². The Hall–Kier alpha value is -0.900. The van der Waals surface area contributed by atoms with Crippen LogP contribution < -0.4 is 5.73 Å². The van der Waals surface area contributed by atoms with Crippen LogP contribution in [0, 0.1) is 12.7 Å². The molecule has 0 spiro atoms. The molecule has 1 heterocycles. The molecule has 2 aromatic rings. The molecule has 1 aromatic heterocycles. The van der Waals surface area contributed by atoms with Crippen molar-refractivity contribution in [2.45, 2.75) is 19.4 Å². The number of benzene rings is 1. The summed E-state index contributed by atoms with van der Waals surface area (Å²) in [6, 6.07) is 8.75. The number of nitrogens with two attached hydrogens (primary N) is 1. The molecule has 1 unspecified atom stereocenters. The Morgan fingerprint density at radius 1 is 1.35 bits per heavy atom. The maximum Gasteiger partial charge on any atom is 0.130 e. The van der Waals surface area contributed by atoms with E-state index in [2.05, 4.69) is 0 Å². The molecule has 0 saturated carbocycles. The molecule has 0 radical (unpaired) electrons. The van der Waals surface area contributed by atoms with Gasteiger partial charge < -0.3 is 5.73 Å². The zero-order valence-electron chi connectivity index (χ0n) is 9.41. The van der Waals surface area contributed by atoms with Crippen molar-refractivity contribution in [3.63, 3.8) is 0 Å². The molecule has 0 amide bonds. The molecule has 0 aliphatic carbocycles. The van der Waals surface area contributed by atoms with Crippen LogP contribution in [0.5, 0.6) is 0 Å². The van der Waals surface area contributed by atoms with E-state index in [1.807, 2.05) is 18.2 Å². The van der Waals surface area contributed by atoms with Crippen LogP contribution in [-0.4, -0.2) is 0 Å². The first-order valence-corrected chi connectivity index (χ1v) is 6.52. The minimum atomic E-state index is -0.329. The molecule has 2 N–H and O–H groups in total. The van der Waals surface area contributed by atoms with Crippen molar-refractivity contribution in [1.82, 2.24) is 0 Å². The highest BCUT2D eigenvalue weighted by Crippen LogP contribution is 2.27. The van der Waals surface area contributed by atoms with Gasteiger partial charge in [0.1, 0.15) is 5.82 Å². The zero-order valence-corrected chi connectivity index (χ0v) is 11.0. The molecule has 0 fully saturated rings. The minimum Gasteiger partial charge on any atom is -0.324 e. The third-order valence-corrected chi connectivity index (χ3v) is 3.92. The van der Waals surface area contributed by atoms with Crippen molar-refractivity contribution in [2.24, 2.45) is 5.73 Å². The summed E-state index contributed by atoms with van der Waals surface area (Å²) in [4.78, 5) is 1.07. The number of aryl methyl sites for hydroxylation is 1. The van der Waals surface area contributed by atoms with E-state index in [1.165, 1.54) is 11.3 Å². The van der Waals surface area contributed by atoms with Crippen molar-refractivity contribution < 1.29 is 4.39 Å². The molecular formula is C13H13ClFNS. The molecular weight excluding hydrogens is 257 g/mol. The molecule has 17 heavy (non-hydrogen) atoms. The summed E-state index contributed by atoms with van der Waals surface area (Å²) < 4.78 is 14.6. The first-order valence-electron chi connectivity index (χ1n) is 5.32. The fourth-order valence-electron chi connectivity index (χ4n) is 1.74. The Bertz CT molecular complexity index is 524. The van der Waals surface area contributed by atoms with E-state index >= 15 is 0 Å². The maximum atomic E-state index is 13.9. The van der Waals surface area contributed by atoms with Crippen molar-refractivity contribution in [2.75, 3.05) is 0 Å². The van der Waals surface area contributed by atoms with Crippen molar-refractivity contribution >= 4 is 22.9 Å². The van der Waals surface area contributed by atoms with Crippen LogP contribution in [0.25, 0.3) is 0 Å². The predicted octanol–water partition coefficient (Wildman–Crippen LogP) is 4.09. The Kier molecular flexibility index (Phi) is 3.82. The molecule has 4 heteroatoms. The lowest BCUT2D eigenvalue weighted by Gasteiger charge is -2.13. The fraction of sp³-hybridized carbons (Fsp3) is 0.231. The first-order chi connectivity index (χ1) is 8.08. The lowest BCUT2D eigenvalue weighted by atomic mass is 10.0. The standard InChI is InChI=1S/C13H13ClFNS/c1-8-3-2-4-10(13(8)15)11(16)7-9-5-6-12(14)17-9/h2-6,11H,7,16H2,1H3. The molecule has 90 valence electrons. The second-order valence-corrected chi connectivity index (χ2v) is 5.79. The molecule has 0 aliphatic heterocycles. The van der Waals surface area contributed by atoms with Gasteiger partial charge in [0.15, 0.2) is 0 Å². The molecule has 0 aliphatic rings. The molecule has 2 rings (SSSR count). The highest BCUT2D eigenvalue weighted by molar-refractivity contribution is 7.16. The van der Waals surface area contributed by atoms with E-state index in [0.717, 1.165) is 9.21 Å². The minimum absolute atomic E-state index is 0.206.